The molecule has 92 valence electrons. The summed E-state index contributed by atoms with van der Waals surface area (Å²) in [5.41, 5.74) is 1.80. The molecule has 0 spiro atoms. The Kier molecular flexibility index (Phi) is 2.30. The van der Waals surface area contributed by atoms with Crippen molar-refractivity contribution in [1.82, 2.24) is 19.6 Å². The number of thiophene rings is 1. The lowest BCUT2D eigenvalue weighted by Crippen LogP contribution is -1.90. The van der Waals surface area contributed by atoms with E-state index < -0.39 is 0 Å². The first-order chi connectivity index (χ1) is 9.33. The summed E-state index contributed by atoms with van der Waals surface area (Å²) in [4.78, 5) is 5.40. The Balaban J connectivity index is 2.02. The predicted octanol–water partition coefficient (Wildman–Crippen LogP) is 3.66. The van der Waals surface area contributed by atoms with Crippen LogP contribution in [0.15, 0.2) is 42.0 Å². The Bertz CT molecular complexity index is 879. The molecule has 0 aliphatic heterocycles. The standard InChI is InChI=1S/C13H7ClN4S/c14-9-3-1-8(2-4-9)11-16-17-12-10-5-6-19-13(10)15-7-18(11)12/h1-7H. The maximum absolute atomic E-state index is 5.90. The molecule has 0 N–H and O–H groups in total. The van der Waals surface area contributed by atoms with Crippen LogP contribution in [0.25, 0.3) is 27.3 Å². The fraction of sp³-hybridized carbons (Fsp3) is 0. The van der Waals surface area contributed by atoms with Crippen LogP contribution in [0, 0.1) is 0 Å². The molecular formula is C13H7ClN4S. The SMILES string of the molecule is Clc1ccc(-c2nnc3c4ccsc4ncn23)cc1. The lowest BCUT2D eigenvalue weighted by Gasteiger charge is -2.00. The number of fused-ring (bicyclic) bond motifs is 3. The number of hydrogen-bond acceptors (Lipinski definition) is 4. The monoisotopic (exact) mass is 286 g/mol. The van der Waals surface area contributed by atoms with Crippen LogP contribution in [0.4, 0.5) is 0 Å². The second-order valence-electron chi connectivity index (χ2n) is 4.11. The van der Waals surface area contributed by atoms with Crippen molar-refractivity contribution >= 4 is 38.8 Å². The van der Waals surface area contributed by atoms with Crippen molar-refractivity contribution in [2.75, 3.05) is 0 Å². The molecule has 19 heavy (non-hydrogen) atoms. The van der Waals surface area contributed by atoms with E-state index in [9.17, 15) is 0 Å². The molecule has 0 atom stereocenters. The lowest BCUT2D eigenvalue weighted by atomic mass is 10.2. The van der Waals surface area contributed by atoms with Crippen LogP contribution in [0.3, 0.4) is 0 Å². The number of halogens is 1. The Labute approximate surface area is 117 Å². The normalized spacial score (nSPS) is 11.4. The predicted molar refractivity (Wildman–Crippen MR) is 76.6 cm³/mol. The first-order valence-electron chi connectivity index (χ1n) is 5.66. The lowest BCUT2D eigenvalue weighted by molar-refractivity contribution is 1.09. The van der Waals surface area contributed by atoms with Gasteiger partial charge in [0.05, 0.1) is 5.39 Å². The third-order valence-electron chi connectivity index (χ3n) is 2.97. The maximum Gasteiger partial charge on any atom is 0.172 e. The molecule has 6 heteroatoms. The molecule has 0 aliphatic rings. The number of benzene rings is 1. The van der Waals surface area contributed by atoms with Crippen LogP contribution in [0.1, 0.15) is 0 Å². The van der Waals surface area contributed by atoms with Crippen LogP contribution in [-0.4, -0.2) is 19.6 Å². The van der Waals surface area contributed by atoms with Gasteiger partial charge in [0, 0.05) is 10.6 Å². The van der Waals surface area contributed by atoms with Crippen molar-refractivity contribution in [3.63, 3.8) is 0 Å². The van der Waals surface area contributed by atoms with Crippen LogP contribution >= 0.6 is 22.9 Å². The Hall–Kier alpha value is -1.98. The smallest absolute Gasteiger partial charge is 0.172 e. The molecule has 0 aliphatic carbocycles. The zero-order chi connectivity index (χ0) is 12.8. The molecule has 4 rings (SSSR count). The van der Waals surface area contributed by atoms with Crippen LogP contribution in [0.2, 0.25) is 5.02 Å². The van der Waals surface area contributed by atoms with Gasteiger partial charge in [-0.1, -0.05) is 11.6 Å². The quantitative estimate of drug-likeness (QED) is 0.536. The van der Waals surface area contributed by atoms with E-state index in [2.05, 4.69) is 15.2 Å². The van der Waals surface area contributed by atoms with Crippen molar-refractivity contribution < 1.29 is 0 Å². The molecule has 0 saturated heterocycles. The topological polar surface area (TPSA) is 43.1 Å². The van der Waals surface area contributed by atoms with Crippen LogP contribution in [0.5, 0.6) is 0 Å². The second kappa shape index (κ2) is 4.01. The summed E-state index contributed by atoms with van der Waals surface area (Å²) in [5.74, 6) is 0.771. The molecule has 3 heterocycles. The molecule has 0 fully saturated rings. The van der Waals surface area contributed by atoms with E-state index >= 15 is 0 Å². The number of nitrogens with zero attached hydrogens (tertiary/aromatic N) is 4. The van der Waals surface area contributed by atoms with Gasteiger partial charge in [-0.25, -0.2) is 4.98 Å². The molecule has 0 radical (unpaired) electrons. The van der Waals surface area contributed by atoms with Gasteiger partial charge in [-0.05, 0) is 35.7 Å². The Morgan fingerprint density at radius 2 is 1.89 bits per heavy atom. The average Bonchev–Trinajstić information content (AvgIpc) is 3.04. The van der Waals surface area contributed by atoms with Gasteiger partial charge in [0.15, 0.2) is 11.5 Å². The van der Waals surface area contributed by atoms with Gasteiger partial charge in [-0.15, -0.1) is 21.5 Å². The van der Waals surface area contributed by atoms with Gasteiger partial charge in [0.1, 0.15) is 11.2 Å². The van der Waals surface area contributed by atoms with E-state index in [0.717, 1.165) is 27.3 Å². The Morgan fingerprint density at radius 3 is 2.74 bits per heavy atom. The Morgan fingerprint density at radius 1 is 1.05 bits per heavy atom. The minimum Gasteiger partial charge on any atom is -0.265 e. The number of rotatable bonds is 1. The highest BCUT2D eigenvalue weighted by atomic mass is 35.5. The molecule has 0 amide bonds. The zero-order valence-electron chi connectivity index (χ0n) is 9.62. The largest absolute Gasteiger partial charge is 0.265 e. The van der Waals surface area contributed by atoms with Crippen molar-refractivity contribution in [1.29, 1.82) is 0 Å². The third-order valence-corrected chi connectivity index (χ3v) is 4.05. The zero-order valence-corrected chi connectivity index (χ0v) is 11.2. The fourth-order valence-electron chi connectivity index (χ4n) is 2.06. The summed E-state index contributed by atoms with van der Waals surface area (Å²) >= 11 is 7.50. The van der Waals surface area contributed by atoms with E-state index in [4.69, 9.17) is 11.6 Å². The first kappa shape index (κ1) is 10.9. The second-order valence-corrected chi connectivity index (χ2v) is 5.44. The van der Waals surface area contributed by atoms with Gasteiger partial charge in [0.25, 0.3) is 0 Å². The molecular weight excluding hydrogens is 280 g/mol. The highest BCUT2D eigenvalue weighted by Gasteiger charge is 2.11. The highest BCUT2D eigenvalue weighted by Crippen LogP contribution is 2.25. The minimum absolute atomic E-state index is 0.705. The van der Waals surface area contributed by atoms with Crippen molar-refractivity contribution in [2.24, 2.45) is 0 Å². The van der Waals surface area contributed by atoms with E-state index in [1.807, 2.05) is 40.1 Å². The minimum atomic E-state index is 0.705. The molecule has 0 unspecified atom stereocenters. The van der Waals surface area contributed by atoms with E-state index in [0.29, 0.717) is 5.02 Å². The molecule has 0 saturated carbocycles. The summed E-state index contributed by atoms with van der Waals surface area (Å²) in [6, 6.07) is 9.55. The average molecular weight is 287 g/mol. The summed E-state index contributed by atoms with van der Waals surface area (Å²) in [6.07, 6.45) is 1.76. The summed E-state index contributed by atoms with van der Waals surface area (Å²) in [5, 5.41) is 12.3. The van der Waals surface area contributed by atoms with Crippen LogP contribution < -0.4 is 0 Å². The maximum atomic E-state index is 5.90. The number of aromatic nitrogens is 4. The van der Waals surface area contributed by atoms with Crippen molar-refractivity contribution in [2.45, 2.75) is 0 Å². The molecule has 3 aromatic heterocycles. The third kappa shape index (κ3) is 1.63. The van der Waals surface area contributed by atoms with Gasteiger partial charge >= 0.3 is 0 Å². The van der Waals surface area contributed by atoms with Crippen molar-refractivity contribution in [3.05, 3.63) is 47.1 Å². The fourth-order valence-corrected chi connectivity index (χ4v) is 2.92. The first-order valence-corrected chi connectivity index (χ1v) is 6.91. The summed E-state index contributed by atoms with van der Waals surface area (Å²) < 4.78 is 1.90. The van der Waals surface area contributed by atoms with Gasteiger partial charge in [-0.2, -0.15) is 0 Å². The van der Waals surface area contributed by atoms with E-state index in [-0.39, 0.29) is 0 Å². The number of hydrogen-bond donors (Lipinski definition) is 0. The molecule has 4 nitrogen and oxygen atoms in total. The van der Waals surface area contributed by atoms with E-state index in [1.165, 1.54) is 0 Å². The highest BCUT2D eigenvalue weighted by molar-refractivity contribution is 7.16. The van der Waals surface area contributed by atoms with Crippen molar-refractivity contribution in [3.8, 4) is 11.4 Å². The summed E-state index contributed by atoms with van der Waals surface area (Å²) in [7, 11) is 0. The van der Waals surface area contributed by atoms with Gasteiger partial charge in [-0.3, -0.25) is 4.40 Å². The van der Waals surface area contributed by atoms with Gasteiger partial charge in [0.2, 0.25) is 0 Å². The van der Waals surface area contributed by atoms with Crippen LogP contribution in [-0.2, 0) is 0 Å². The van der Waals surface area contributed by atoms with E-state index in [1.54, 1.807) is 17.7 Å². The molecule has 1 aromatic carbocycles. The molecule has 0 bridgehead atoms. The summed E-state index contributed by atoms with van der Waals surface area (Å²) in [6.45, 7) is 0. The molecule has 4 aromatic rings. The van der Waals surface area contributed by atoms with Gasteiger partial charge < -0.3 is 0 Å².